The van der Waals surface area contributed by atoms with E-state index in [-0.39, 0.29) is 16.4 Å². The molecular weight excluding hydrogens is 350 g/mol. The van der Waals surface area contributed by atoms with Gasteiger partial charge in [0, 0.05) is 6.54 Å². The van der Waals surface area contributed by atoms with E-state index in [1.165, 1.54) is 29.6 Å². The third kappa shape index (κ3) is 4.25. The maximum atomic E-state index is 13.3. The molecule has 0 bridgehead atoms. The maximum absolute atomic E-state index is 13.3. The molecule has 2 aromatic carbocycles. The number of rotatable bonds is 6. The van der Waals surface area contributed by atoms with Gasteiger partial charge in [0.25, 0.3) is 10.0 Å². The lowest BCUT2D eigenvalue weighted by molar-refractivity contribution is 0.0600. The Hall–Kier alpha value is -2.34. The second-order valence-corrected chi connectivity index (χ2v) is 8.60. The van der Waals surface area contributed by atoms with Gasteiger partial charge in [0.15, 0.2) is 0 Å². The number of hydrogen-bond acceptors (Lipinski definition) is 4. The number of hydrogen-bond donors (Lipinski definition) is 0. The summed E-state index contributed by atoms with van der Waals surface area (Å²) in [6.45, 7) is 8.15. The zero-order chi connectivity index (χ0) is 19.5. The van der Waals surface area contributed by atoms with Crippen LogP contribution in [0.5, 0.6) is 0 Å². The molecule has 0 aromatic heterocycles. The van der Waals surface area contributed by atoms with Crippen LogP contribution >= 0.6 is 0 Å². The summed E-state index contributed by atoms with van der Waals surface area (Å²) in [6.07, 6.45) is 0. The molecule has 0 atom stereocenters. The fourth-order valence-electron chi connectivity index (χ4n) is 2.77. The van der Waals surface area contributed by atoms with Gasteiger partial charge >= 0.3 is 5.97 Å². The van der Waals surface area contributed by atoms with E-state index in [2.05, 4.69) is 0 Å². The lowest BCUT2D eigenvalue weighted by Gasteiger charge is -2.28. The SMILES string of the molecule is COC(=O)c1cccc(S(=O)(=O)N(CC(C)C)c2ccc(C)cc2C)c1. The Bertz CT molecular complexity index is 904. The van der Waals surface area contributed by atoms with Crippen molar-refractivity contribution in [1.29, 1.82) is 0 Å². The molecule has 0 unspecified atom stereocenters. The van der Waals surface area contributed by atoms with Crippen LogP contribution in [0.25, 0.3) is 0 Å². The normalized spacial score (nSPS) is 11.5. The molecule has 140 valence electrons. The van der Waals surface area contributed by atoms with Crippen LogP contribution in [-0.2, 0) is 14.8 Å². The summed E-state index contributed by atoms with van der Waals surface area (Å²) >= 11 is 0. The first-order chi connectivity index (χ1) is 12.2. The smallest absolute Gasteiger partial charge is 0.337 e. The van der Waals surface area contributed by atoms with Crippen molar-refractivity contribution in [3.63, 3.8) is 0 Å². The van der Waals surface area contributed by atoms with Gasteiger partial charge in [0.05, 0.1) is 23.3 Å². The molecule has 26 heavy (non-hydrogen) atoms. The number of ether oxygens (including phenoxy) is 1. The number of sulfonamides is 1. The lowest BCUT2D eigenvalue weighted by atomic mass is 10.1. The maximum Gasteiger partial charge on any atom is 0.337 e. The van der Waals surface area contributed by atoms with E-state index in [0.717, 1.165) is 11.1 Å². The zero-order valence-electron chi connectivity index (χ0n) is 15.8. The molecule has 0 radical (unpaired) electrons. The number of esters is 1. The van der Waals surface area contributed by atoms with Crippen molar-refractivity contribution >= 4 is 21.7 Å². The molecule has 2 rings (SSSR count). The first-order valence-electron chi connectivity index (χ1n) is 8.45. The minimum Gasteiger partial charge on any atom is -0.465 e. The van der Waals surface area contributed by atoms with Crippen molar-refractivity contribution in [3.05, 3.63) is 59.2 Å². The Kier molecular flexibility index (Phi) is 6.08. The fourth-order valence-corrected chi connectivity index (χ4v) is 4.51. The summed E-state index contributed by atoms with van der Waals surface area (Å²) in [6, 6.07) is 11.6. The van der Waals surface area contributed by atoms with Crippen LogP contribution in [0.3, 0.4) is 0 Å². The average Bonchev–Trinajstić information content (AvgIpc) is 2.59. The standard InChI is InChI=1S/C20H25NO4S/c1-14(2)13-21(19-10-9-15(3)11-16(19)4)26(23,24)18-8-6-7-17(12-18)20(22)25-5/h6-12,14H,13H2,1-5H3. The van der Waals surface area contributed by atoms with Gasteiger partial charge in [0.1, 0.15) is 0 Å². The highest BCUT2D eigenvalue weighted by molar-refractivity contribution is 7.92. The van der Waals surface area contributed by atoms with Gasteiger partial charge < -0.3 is 4.74 Å². The Labute approximate surface area is 155 Å². The average molecular weight is 375 g/mol. The largest absolute Gasteiger partial charge is 0.465 e. The highest BCUT2D eigenvalue weighted by Gasteiger charge is 2.27. The predicted octanol–water partition coefficient (Wildman–Crippen LogP) is 3.94. The lowest BCUT2D eigenvalue weighted by Crippen LogP contribution is -2.35. The molecule has 0 amide bonds. The van der Waals surface area contributed by atoms with Gasteiger partial charge in [0.2, 0.25) is 0 Å². The summed E-state index contributed by atoms with van der Waals surface area (Å²) < 4.78 is 32.8. The van der Waals surface area contributed by atoms with Crippen molar-refractivity contribution in [3.8, 4) is 0 Å². The van der Waals surface area contributed by atoms with Crippen LogP contribution in [0.2, 0.25) is 0 Å². The van der Waals surface area contributed by atoms with Crippen LogP contribution in [0.1, 0.15) is 35.3 Å². The first-order valence-corrected chi connectivity index (χ1v) is 9.89. The molecule has 2 aromatic rings. The molecule has 0 heterocycles. The van der Waals surface area contributed by atoms with E-state index in [1.54, 1.807) is 6.07 Å². The molecule has 0 saturated heterocycles. The van der Waals surface area contributed by atoms with E-state index in [0.29, 0.717) is 12.2 Å². The predicted molar refractivity (Wildman–Crippen MR) is 103 cm³/mol. The summed E-state index contributed by atoms with van der Waals surface area (Å²) in [7, 11) is -2.56. The Balaban J connectivity index is 2.58. The molecular formula is C20H25NO4S. The quantitative estimate of drug-likeness (QED) is 0.718. The second kappa shape index (κ2) is 7.91. The summed E-state index contributed by atoms with van der Waals surface area (Å²) in [5, 5.41) is 0. The number of carbonyl (C=O) groups excluding carboxylic acids is 1. The van der Waals surface area contributed by atoms with Crippen molar-refractivity contribution in [2.24, 2.45) is 5.92 Å². The highest BCUT2D eigenvalue weighted by atomic mass is 32.2. The van der Waals surface area contributed by atoms with Crippen LogP contribution in [0, 0.1) is 19.8 Å². The van der Waals surface area contributed by atoms with Gasteiger partial charge in [-0.15, -0.1) is 0 Å². The van der Waals surface area contributed by atoms with E-state index in [1.807, 2.05) is 45.9 Å². The van der Waals surface area contributed by atoms with Gasteiger partial charge in [-0.3, -0.25) is 4.31 Å². The molecule has 5 nitrogen and oxygen atoms in total. The summed E-state index contributed by atoms with van der Waals surface area (Å²) in [5.41, 5.74) is 2.81. The summed E-state index contributed by atoms with van der Waals surface area (Å²) in [5.74, 6) is -0.432. The minimum absolute atomic E-state index is 0.0704. The van der Waals surface area contributed by atoms with E-state index in [4.69, 9.17) is 4.74 Å². The number of aryl methyl sites for hydroxylation is 2. The minimum atomic E-state index is -3.82. The number of anilines is 1. The zero-order valence-corrected chi connectivity index (χ0v) is 16.6. The van der Waals surface area contributed by atoms with E-state index < -0.39 is 16.0 Å². The summed E-state index contributed by atoms with van der Waals surface area (Å²) in [4.78, 5) is 11.8. The van der Waals surface area contributed by atoms with E-state index in [9.17, 15) is 13.2 Å². The molecule has 6 heteroatoms. The van der Waals surface area contributed by atoms with Crippen molar-refractivity contribution in [2.75, 3.05) is 18.0 Å². The number of benzene rings is 2. The second-order valence-electron chi connectivity index (χ2n) is 6.74. The van der Waals surface area contributed by atoms with Gasteiger partial charge in [-0.2, -0.15) is 0 Å². The van der Waals surface area contributed by atoms with Gasteiger partial charge in [-0.1, -0.05) is 37.6 Å². The third-order valence-corrected chi connectivity index (χ3v) is 5.77. The number of methoxy groups -OCH3 is 1. The van der Waals surface area contributed by atoms with Crippen LogP contribution in [0.15, 0.2) is 47.4 Å². The molecule has 0 saturated carbocycles. The molecule has 0 fully saturated rings. The monoisotopic (exact) mass is 375 g/mol. The topological polar surface area (TPSA) is 63.7 Å². The Morgan fingerprint density at radius 3 is 2.38 bits per heavy atom. The Morgan fingerprint density at radius 1 is 1.12 bits per heavy atom. The molecule has 0 N–H and O–H groups in total. The van der Waals surface area contributed by atoms with Crippen molar-refractivity contribution < 1.29 is 17.9 Å². The van der Waals surface area contributed by atoms with Crippen LogP contribution < -0.4 is 4.31 Å². The van der Waals surface area contributed by atoms with Crippen molar-refractivity contribution in [1.82, 2.24) is 0 Å². The highest BCUT2D eigenvalue weighted by Crippen LogP contribution is 2.29. The Morgan fingerprint density at radius 2 is 1.81 bits per heavy atom. The number of carbonyl (C=O) groups is 1. The molecule has 0 aliphatic heterocycles. The van der Waals surface area contributed by atoms with Gasteiger partial charge in [-0.25, -0.2) is 13.2 Å². The first kappa shape index (κ1) is 20.0. The van der Waals surface area contributed by atoms with Gasteiger partial charge in [-0.05, 0) is 49.6 Å². The molecule has 0 spiro atoms. The molecule has 0 aliphatic rings. The number of nitrogens with zero attached hydrogens (tertiary/aromatic N) is 1. The van der Waals surface area contributed by atoms with Crippen LogP contribution in [-0.4, -0.2) is 28.0 Å². The van der Waals surface area contributed by atoms with Crippen LogP contribution in [0.4, 0.5) is 5.69 Å². The third-order valence-electron chi connectivity index (χ3n) is 4.00. The fraction of sp³-hybridized carbons (Fsp3) is 0.350. The van der Waals surface area contributed by atoms with Crippen molar-refractivity contribution in [2.45, 2.75) is 32.6 Å². The van der Waals surface area contributed by atoms with E-state index >= 15 is 0 Å². The molecule has 0 aliphatic carbocycles.